The number of hydrogen-bond donors (Lipinski definition) is 3. The number of carbonyl (C=O) groups is 2. The van der Waals surface area contributed by atoms with E-state index in [-0.39, 0.29) is 6.04 Å². The molecule has 1 aliphatic heterocycles. The molecule has 3 N–H and O–H groups in total. The normalized spacial score (nSPS) is 25.4. The Morgan fingerprint density at radius 2 is 1.90 bits per heavy atom. The van der Waals surface area contributed by atoms with Crippen LogP contribution in [-0.2, 0) is 10.5 Å². The summed E-state index contributed by atoms with van der Waals surface area (Å²) in [6.45, 7) is 4.51. The Bertz CT molecular complexity index is 962. The van der Waals surface area contributed by atoms with Gasteiger partial charge >= 0.3 is 6.03 Å². The Morgan fingerprint density at radius 3 is 2.61 bits per heavy atom. The van der Waals surface area contributed by atoms with Gasteiger partial charge in [0.1, 0.15) is 5.75 Å². The number of aliphatic hydroxyl groups is 1. The molecule has 31 heavy (non-hydrogen) atoms. The largest absolute Gasteiger partial charge is 0.494 e. The first-order valence-corrected chi connectivity index (χ1v) is 10.9. The van der Waals surface area contributed by atoms with E-state index in [9.17, 15) is 14.7 Å². The molecule has 0 unspecified atom stereocenters. The van der Waals surface area contributed by atoms with Crippen LogP contribution in [-0.4, -0.2) is 29.7 Å². The van der Waals surface area contributed by atoms with Crippen molar-refractivity contribution < 1.29 is 19.4 Å². The van der Waals surface area contributed by atoms with Crippen molar-refractivity contribution in [2.45, 2.75) is 51.3 Å². The maximum atomic E-state index is 13.6. The van der Waals surface area contributed by atoms with Crippen molar-refractivity contribution in [3.05, 3.63) is 54.1 Å². The number of carbonyl (C=O) groups excluding carboxylic acids is 2. The minimum atomic E-state index is -2.18. The van der Waals surface area contributed by atoms with Crippen molar-refractivity contribution in [2.24, 2.45) is 5.92 Å². The highest BCUT2D eigenvalue weighted by Gasteiger charge is 2.52. The zero-order valence-corrected chi connectivity index (χ0v) is 17.9. The van der Waals surface area contributed by atoms with E-state index in [1.807, 2.05) is 6.92 Å². The summed E-state index contributed by atoms with van der Waals surface area (Å²) in [5.74, 6) is 0.364. The fourth-order valence-electron chi connectivity index (χ4n) is 4.52. The summed E-state index contributed by atoms with van der Waals surface area (Å²) in [7, 11) is 0. The van der Waals surface area contributed by atoms with Crippen molar-refractivity contribution in [2.75, 3.05) is 16.8 Å². The van der Waals surface area contributed by atoms with E-state index < -0.39 is 17.7 Å². The molecule has 0 bridgehead atoms. The summed E-state index contributed by atoms with van der Waals surface area (Å²) >= 11 is 0. The van der Waals surface area contributed by atoms with Crippen molar-refractivity contribution in [1.82, 2.24) is 5.32 Å². The van der Waals surface area contributed by atoms with E-state index in [0.717, 1.165) is 30.6 Å². The van der Waals surface area contributed by atoms with Crippen molar-refractivity contribution >= 4 is 23.3 Å². The molecule has 1 aliphatic carbocycles. The lowest BCUT2D eigenvalue weighted by molar-refractivity contribution is -0.141. The van der Waals surface area contributed by atoms with Gasteiger partial charge in [-0.3, -0.25) is 9.69 Å². The quantitative estimate of drug-likeness (QED) is 0.679. The number of fused-ring (bicyclic) bond motifs is 1. The second-order valence-corrected chi connectivity index (χ2v) is 8.25. The number of benzene rings is 2. The van der Waals surface area contributed by atoms with Gasteiger partial charge in [0.05, 0.1) is 12.3 Å². The maximum Gasteiger partial charge on any atom is 0.329 e. The first-order chi connectivity index (χ1) is 14.9. The second kappa shape index (κ2) is 8.59. The lowest BCUT2D eigenvalue weighted by atomic mass is 9.85. The molecule has 2 aromatic rings. The fourth-order valence-corrected chi connectivity index (χ4v) is 4.52. The number of nitrogens with zero attached hydrogens (tertiary/aromatic N) is 1. The summed E-state index contributed by atoms with van der Waals surface area (Å²) in [5.41, 5.74) is -1.03. The van der Waals surface area contributed by atoms with Crippen LogP contribution in [0.4, 0.5) is 16.2 Å². The molecule has 2 aromatic carbocycles. The summed E-state index contributed by atoms with van der Waals surface area (Å²) in [6.07, 6.45) is 4.07. The molecule has 1 fully saturated rings. The number of amides is 3. The number of rotatable bonds is 5. The van der Waals surface area contributed by atoms with Crippen molar-refractivity contribution in [3.63, 3.8) is 0 Å². The number of ether oxygens (including phenoxy) is 1. The van der Waals surface area contributed by atoms with Gasteiger partial charge in [0, 0.05) is 17.3 Å². The Kier molecular flexibility index (Phi) is 5.87. The molecule has 4 rings (SSSR count). The predicted molar refractivity (Wildman–Crippen MR) is 119 cm³/mol. The van der Waals surface area contributed by atoms with Crippen LogP contribution in [0.3, 0.4) is 0 Å². The predicted octanol–water partition coefficient (Wildman–Crippen LogP) is 3.98. The zero-order chi connectivity index (χ0) is 22.0. The molecule has 1 heterocycles. The molecule has 7 nitrogen and oxygen atoms in total. The molecule has 0 saturated heterocycles. The highest BCUT2D eigenvalue weighted by molar-refractivity contribution is 6.11. The van der Waals surface area contributed by atoms with Crippen LogP contribution in [0.2, 0.25) is 0 Å². The molecule has 1 saturated carbocycles. The first-order valence-electron chi connectivity index (χ1n) is 10.9. The van der Waals surface area contributed by atoms with Gasteiger partial charge in [-0.15, -0.1) is 0 Å². The molecule has 0 radical (unpaired) electrons. The molecular formula is C24H29N3O4. The molecule has 0 aromatic heterocycles. The van der Waals surface area contributed by atoms with Gasteiger partial charge < -0.3 is 20.5 Å². The topological polar surface area (TPSA) is 90.9 Å². The maximum absolute atomic E-state index is 13.6. The molecule has 0 spiro atoms. The summed E-state index contributed by atoms with van der Waals surface area (Å²) in [4.78, 5) is 27.8. The first kappa shape index (κ1) is 21.2. The van der Waals surface area contributed by atoms with E-state index in [1.165, 1.54) is 0 Å². The van der Waals surface area contributed by atoms with Crippen LogP contribution in [0.25, 0.3) is 0 Å². The van der Waals surface area contributed by atoms with Gasteiger partial charge in [-0.25, -0.2) is 4.79 Å². The number of anilines is 2. The SMILES string of the molecule is CCOc1ccc(N2C(=O)Nc3ccccc3[C@]2(O)C(=O)N[C@H]2CCCC[C@@H]2C)cc1. The van der Waals surface area contributed by atoms with E-state index in [4.69, 9.17) is 4.74 Å². The molecule has 7 heteroatoms. The van der Waals surface area contributed by atoms with Crippen molar-refractivity contribution in [1.29, 1.82) is 0 Å². The van der Waals surface area contributed by atoms with Crippen LogP contribution < -0.4 is 20.3 Å². The third kappa shape index (κ3) is 3.85. The Balaban J connectivity index is 1.75. The third-order valence-corrected chi connectivity index (χ3v) is 6.22. The fraction of sp³-hybridized carbons (Fsp3) is 0.417. The number of hydrogen-bond acceptors (Lipinski definition) is 4. The second-order valence-electron chi connectivity index (χ2n) is 8.25. The van der Waals surface area contributed by atoms with Gasteiger partial charge in [0.15, 0.2) is 0 Å². The lowest BCUT2D eigenvalue weighted by Crippen LogP contribution is -2.64. The van der Waals surface area contributed by atoms with Crippen LogP contribution in [0.15, 0.2) is 48.5 Å². The Hall–Kier alpha value is -3.06. The average Bonchev–Trinajstić information content (AvgIpc) is 2.76. The monoisotopic (exact) mass is 423 g/mol. The number of nitrogens with one attached hydrogen (secondary N) is 2. The van der Waals surface area contributed by atoms with E-state index in [0.29, 0.717) is 35.2 Å². The molecule has 164 valence electrons. The summed E-state index contributed by atoms with van der Waals surface area (Å²) in [5, 5.41) is 17.7. The van der Waals surface area contributed by atoms with Crippen LogP contribution in [0.1, 0.15) is 45.1 Å². The van der Waals surface area contributed by atoms with Crippen molar-refractivity contribution in [3.8, 4) is 5.75 Å². The van der Waals surface area contributed by atoms with Gasteiger partial charge in [0.25, 0.3) is 11.6 Å². The average molecular weight is 424 g/mol. The molecule has 3 atom stereocenters. The van der Waals surface area contributed by atoms with E-state index in [1.54, 1.807) is 48.5 Å². The summed E-state index contributed by atoms with van der Waals surface area (Å²) < 4.78 is 5.48. The van der Waals surface area contributed by atoms with Gasteiger partial charge in [-0.1, -0.05) is 38.0 Å². The molecular weight excluding hydrogens is 394 g/mol. The smallest absolute Gasteiger partial charge is 0.329 e. The minimum absolute atomic E-state index is 0.0374. The molecule has 2 aliphatic rings. The summed E-state index contributed by atoms with van der Waals surface area (Å²) in [6, 6.07) is 13.0. The van der Waals surface area contributed by atoms with Gasteiger partial charge in [-0.2, -0.15) is 0 Å². The lowest BCUT2D eigenvalue weighted by Gasteiger charge is -2.44. The van der Waals surface area contributed by atoms with Crippen LogP contribution in [0.5, 0.6) is 5.75 Å². The molecule has 3 amide bonds. The minimum Gasteiger partial charge on any atom is -0.494 e. The van der Waals surface area contributed by atoms with E-state index >= 15 is 0 Å². The number of para-hydroxylation sites is 1. The Morgan fingerprint density at radius 1 is 1.19 bits per heavy atom. The standard InChI is InChI=1S/C24H29N3O4/c1-3-31-18-14-12-17(13-15-18)27-23(29)26-21-11-7-5-9-19(21)24(27,30)22(28)25-20-10-6-4-8-16(20)2/h5,7,9,11-16,20,30H,3-4,6,8,10H2,1-2H3,(H,25,28)(H,26,29)/t16-,20-,24-/m0/s1. The third-order valence-electron chi connectivity index (χ3n) is 6.22. The van der Waals surface area contributed by atoms with Gasteiger partial charge in [0.2, 0.25) is 0 Å². The zero-order valence-electron chi connectivity index (χ0n) is 17.9. The number of urea groups is 1. The van der Waals surface area contributed by atoms with Crippen LogP contribution in [0, 0.1) is 5.92 Å². The highest BCUT2D eigenvalue weighted by Crippen LogP contribution is 2.40. The highest BCUT2D eigenvalue weighted by atomic mass is 16.5. The Labute approximate surface area is 182 Å². The van der Waals surface area contributed by atoms with E-state index in [2.05, 4.69) is 17.6 Å². The van der Waals surface area contributed by atoms with Crippen LogP contribution >= 0.6 is 0 Å². The van der Waals surface area contributed by atoms with Gasteiger partial charge in [-0.05, 0) is 56.0 Å².